The van der Waals surface area contributed by atoms with Crippen LogP contribution >= 0.6 is 22.9 Å². The van der Waals surface area contributed by atoms with E-state index in [1.807, 2.05) is 54.6 Å². The highest BCUT2D eigenvalue weighted by molar-refractivity contribution is 7.07. The number of hydrogen-bond acceptors (Lipinski definition) is 8. The average molecular weight is 605 g/mol. The summed E-state index contributed by atoms with van der Waals surface area (Å²) in [7, 11) is 3.08. The molecule has 0 fully saturated rings. The lowest BCUT2D eigenvalue weighted by Gasteiger charge is -2.25. The summed E-state index contributed by atoms with van der Waals surface area (Å²) in [5, 5.41) is 0.650. The van der Waals surface area contributed by atoms with Gasteiger partial charge in [0.15, 0.2) is 16.3 Å². The third-order valence-corrected chi connectivity index (χ3v) is 8.12. The third-order valence-electron chi connectivity index (χ3n) is 6.77. The molecule has 5 rings (SSSR count). The Bertz CT molecular complexity index is 1840. The number of fused-ring (bicyclic) bond motifs is 1. The molecule has 8 nitrogen and oxygen atoms in total. The first-order chi connectivity index (χ1) is 20.3. The van der Waals surface area contributed by atoms with Crippen molar-refractivity contribution in [2.24, 2.45) is 4.99 Å². The minimum Gasteiger partial charge on any atom is -0.493 e. The van der Waals surface area contributed by atoms with Crippen molar-refractivity contribution in [2.75, 3.05) is 20.8 Å². The van der Waals surface area contributed by atoms with E-state index in [2.05, 4.69) is 4.99 Å². The molecule has 1 aromatic heterocycles. The molecule has 216 valence electrons. The summed E-state index contributed by atoms with van der Waals surface area (Å²) in [6.45, 7) is 4.02. The predicted molar refractivity (Wildman–Crippen MR) is 162 cm³/mol. The van der Waals surface area contributed by atoms with Gasteiger partial charge in [0.1, 0.15) is 12.4 Å². The summed E-state index contributed by atoms with van der Waals surface area (Å²) < 4.78 is 24.2. The van der Waals surface area contributed by atoms with Crippen LogP contribution in [-0.4, -0.2) is 31.4 Å². The Morgan fingerprint density at radius 1 is 1.05 bits per heavy atom. The van der Waals surface area contributed by atoms with Crippen LogP contribution in [0.3, 0.4) is 0 Å². The van der Waals surface area contributed by atoms with Gasteiger partial charge in [-0.2, -0.15) is 0 Å². The van der Waals surface area contributed by atoms with E-state index in [1.165, 1.54) is 23.0 Å². The Morgan fingerprint density at radius 2 is 1.79 bits per heavy atom. The van der Waals surface area contributed by atoms with Crippen molar-refractivity contribution in [2.45, 2.75) is 26.5 Å². The molecule has 2 heterocycles. The summed E-state index contributed by atoms with van der Waals surface area (Å²) in [5.74, 6) is 1.16. The highest BCUT2D eigenvalue weighted by atomic mass is 35.5. The first-order valence-corrected chi connectivity index (χ1v) is 14.4. The number of benzene rings is 3. The quantitative estimate of drug-likeness (QED) is 0.249. The largest absolute Gasteiger partial charge is 0.493 e. The molecule has 0 bridgehead atoms. The van der Waals surface area contributed by atoms with Gasteiger partial charge in [-0.3, -0.25) is 9.36 Å². The maximum absolute atomic E-state index is 13.9. The number of hydrogen-bond donors (Lipinski definition) is 0. The fourth-order valence-electron chi connectivity index (χ4n) is 4.72. The van der Waals surface area contributed by atoms with E-state index in [1.54, 1.807) is 39.2 Å². The van der Waals surface area contributed by atoms with E-state index >= 15 is 0 Å². The average Bonchev–Trinajstić information content (AvgIpc) is 3.30. The first-order valence-electron chi connectivity index (χ1n) is 13.2. The van der Waals surface area contributed by atoms with E-state index in [9.17, 15) is 9.59 Å². The normalized spacial score (nSPS) is 14.7. The van der Waals surface area contributed by atoms with Crippen LogP contribution in [0.2, 0.25) is 5.02 Å². The van der Waals surface area contributed by atoms with Gasteiger partial charge in [0.25, 0.3) is 5.56 Å². The number of methoxy groups -OCH3 is 2. The van der Waals surface area contributed by atoms with Crippen molar-refractivity contribution in [1.29, 1.82) is 0 Å². The number of thiazole rings is 1. The molecule has 0 radical (unpaired) electrons. The number of allylic oxidation sites excluding steroid dienone is 1. The maximum atomic E-state index is 13.9. The number of carbonyl (C=O) groups excluding carboxylic acids is 1. The molecule has 1 aliphatic rings. The molecular weight excluding hydrogens is 576 g/mol. The molecule has 0 unspecified atom stereocenters. The smallest absolute Gasteiger partial charge is 0.338 e. The molecule has 0 spiro atoms. The monoisotopic (exact) mass is 604 g/mol. The van der Waals surface area contributed by atoms with Crippen molar-refractivity contribution in [1.82, 2.24) is 4.57 Å². The van der Waals surface area contributed by atoms with Gasteiger partial charge < -0.3 is 18.9 Å². The molecule has 1 atom stereocenters. The zero-order valence-electron chi connectivity index (χ0n) is 23.5. The van der Waals surface area contributed by atoms with Crippen LogP contribution < -0.4 is 29.1 Å². The van der Waals surface area contributed by atoms with E-state index < -0.39 is 12.0 Å². The van der Waals surface area contributed by atoms with Gasteiger partial charge in [0.05, 0.1) is 42.7 Å². The Balaban J connectivity index is 1.53. The molecule has 4 aromatic rings. The fourth-order valence-corrected chi connectivity index (χ4v) is 5.95. The minimum atomic E-state index is -0.761. The van der Waals surface area contributed by atoms with Crippen molar-refractivity contribution in [3.05, 3.63) is 119 Å². The number of rotatable bonds is 9. The topological polar surface area (TPSA) is 88.4 Å². The summed E-state index contributed by atoms with van der Waals surface area (Å²) in [4.78, 5) is 32.1. The van der Waals surface area contributed by atoms with Crippen molar-refractivity contribution in [3.63, 3.8) is 0 Å². The van der Waals surface area contributed by atoms with Crippen LogP contribution in [0.15, 0.2) is 87.8 Å². The lowest BCUT2D eigenvalue weighted by molar-refractivity contribution is -0.139. The standard InChI is InChI=1S/C32H29ClN2O6S/c1-5-40-31(37)28-19(2)34-32-35(29(28)21-12-15-25(38-3)26(17-21)39-4)30(36)27(42-32)16-20-10-13-23(14-11-20)41-18-22-8-6-7-9-24(22)33/h6-17,29H,5,18H2,1-4H3/b27-16-/t29-/m1/s1. The van der Waals surface area contributed by atoms with Gasteiger partial charge in [0, 0.05) is 10.6 Å². The van der Waals surface area contributed by atoms with Crippen LogP contribution in [0.5, 0.6) is 17.2 Å². The van der Waals surface area contributed by atoms with Gasteiger partial charge in [-0.25, -0.2) is 9.79 Å². The van der Waals surface area contributed by atoms with Gasteiger partial charge in [-0.05, 0) is 61.4 Å². The number of carbonyl (C=O) groups is 1. The van der Waals surface area contributed by atoms with E-state index in [-0.39, 0.29) is 12.2 Å². The van der Waals surface area contributed by atoms with Gasteiger partial charge in [-0.15, -0.1) is 0 Å². The Morgan fingerprint density at radius 3 is 2.48 bits per heavy atom. The van der Waals surface area contributed by atoms with Crippen LogP contribution in [0.4, 0.5) is 0 Å². The second kappa shape index (κ2) is 12.7. The van der Waals surface area contributed by atoms with E-state index in [0.717, 1.165) is 11.1 Å². The van der Waals surface area contributed by atoms with Crippen LogP contribution in [0.25, 0.3) is 6.08 Å². The third kappa shape index (κ3) is 5.84. The molecule has 0 amide bonds. The van der Waals surface area contributed by atoms with Crippen molar-refractivity contribution < 1.29 is 23.7 Å². The second-order valence-corrected chi connectivity index (χ2v) is 10.8. The summed E-state index contributed by atoms with van der Waals surface area (Å²) in [5.41, 5.74) is 2.88. The highest BCUT2D eigenvalue weighted by Gasteiger charge is 2.33. The predicted octanol–water partition coefficient (Wildman–Crippen LogP) is 5.05. The summed E-state index contributed by atoms with van der Waals surface area (Å²) in [6, 6.07) is 19.5. The van der Waals surface area contributed by atoms with Crippen molar-refractivity contribution >= 4 is 35.0 Å². The fraction of sp³-hybridized carbons (Fsp3) is 0.219. The molecule has 0 aliphatic carbocycles. The van der Waals surface area contributed by atoms with Crippen molar-refractivity contribution in [3.8, 4) is 17.2 Å². The van der Waals surface area contributed by atoms with Crippen LogP contribution in [0, 0.1) is 0 Å². The number of esters is 1. The van der Waals surface area contributed by atoms with Crippen LogP contribution in [0.1, 0.15) is 36.6 Å². The first kappa shape index (κ1) is 29.2. The zero-order valence-corrected chi connectivity index (χ0v) is 25.1. The number of halogens is 1. The Labute approximate surface area is 251 Å². The lowest BCUT2D eigenvalue weighted by atomic mass is 9.95. The summed E-state index contributed by atoms with van der Waals surface area (Å²) in [6.07, 6.45) is 1.80. The zero-order chi connectivity index (χ0) is 29.8. The lowest BCUT2D eigenvalue weighted by Crippen LogP contribution is -2.39. The molecular formula is C32H29ClN2O6S. The Kier molecular flexibility index (Phi) is 8.80. The van der Waals surface area contributed by atoms with E-state index in [4.69, 9.17) is 30.5 Å². The van der Waals surface area contributed by atoms with Gasteiger partial charge in [-0.1, -0.05) is 59.3 Å². The molecule has 3 aromatic carbocycles. The number of aromatic nitrogens is 1. The number of nitrogens with zero attached hydrogens (tertiary/aromatic N) is 2. The molecule has 0 N–H and O–H groups in total. The minimum absolute atomic E-state index is 0.191. The van der Waals surface area contributed by atoms with Gasteiger partial charge in [0.2, 0.25) is 0 Å². The molecule has 0 saturated carbocycles. The highest BCUT2D eigenvalue weighted by Crippen LogP contribution is 2.36. The SMILES string of the molecule is CCOC(=O)C1=C(C)N=c2s/c(=C\c3ccc(OCc4ccccc4Cl)cc3)c(=O)n2[C@@H]1c1ccc(OC)c(OC)c1. The maximum Gasteiger partial charge on any atom is 0.338 e. The molecule has 0 saturated heterocycles. The molecule has 1 aliphatic heterocycles. The van der Waals surface area contributed by atoms with Gasteiger partial charge >= 0.3 is 5.97 Å². The number of ether oxygens (including phenoxy) is 4. The summed E-state index contributed by atoms with van der Waals surface area (Å²) >= 11 is 7.49. The second-order valence-electron chi connectivity index (χ2n) is 9.37. The Hall–Kier alpha value is -4.34. The van der Waals surface area contributed by atoms with E-state index in [0.29, 0.717) is 55.0 Å². The molecule has 42 heavy (non-hydrogen) atoms. The van der Waals surface area contributed by atoms with Crippen LogP contribution in [-0.2, 0) is 16.1 Å². The molecule has 10 heteroatoms.